The van der Waals surface area contributed by atoms with E-state index in [4.69, 9.17) is 5.73 Å². The summed E-state index contributed by atoms with van der Waals surface area (Å²) in [7, 11) is 0. The fourth-order valence-corrected chi connectivity index (χ4v) is 2.57. The van der Waals surface area contributed by atoms with Gasteiger partial charge in [0, 0.05) is 12.0 Å². The van der Waals surface area contributed by atoms with Gasteiger partial charge in [0.15, 0.2) is 0 Å². The van der Waals surface area contributed by atoms with Crippen molar-refractivity contribution in [3.8, 4) is 0 Å². The molecule has 88 valence electrons. The fourth-order valence-electron chi connectivity index (χ4n) is 2.10. The van der Waals surface area contributed by atoms with Crippen molar-refractivity contribution in [3.05, 3.63) is 33.5 Å². The van der Waals surface area contributed by atoms with Crippen LogP contribution < -0.4 is 5.73 Å². The molecule has 2 N–H and O–H groups in total. The Balaban J connectivity index is 2.49. The van der Waals surface area contributed by atoms with Crippen LogP contribution in [0.15, 0.2) is 16.6 Å². The maximum absolute atomic E-state index is 13.9. The number of hydrogen-bond donors (Lipinski definition) is 1. The molecule has 0 spiro atoms. The topological polar surface area (TPSA) is 26.0 Å². The lowest BCUT2D eigenvalue weighted by molar-refractivity contribution is 0.587. The smallest absolute Gasteiger partial charge is 0.140 e. The molecular formula is C13H17BrFN. The molecule has 2 rings (SSSR count). The van der Waals surface area contributed by atoms with Gasteiger partial charge in [0.1, 0.15) is 5.82 Å². The van der Waals surface area contributed by atoms with Crippen LogP contribution in [-0.2, 0) is 5.41 Å². The number of halogens is 2. The SMILES string of the molecule is CC(C)c1cc(C2(CN)CC2)cc(Br)c1F. The van der Waals surface area contributed by atoms with E-state index < -0.39 is 0 Å². The van der Waals surface area contributed by atoms with E-state index in [0.29, 0.717) is 11.0 Å². The zero-order chi connectivity index (χ0) is 11.9. The van der Waals surface area contributed by atoms with Gasteiger partial charge in [-0.1, -0.05) is 19.9 Å². The number of hydrogen-bond acceptors (Lipinski definition) is 1. The summed E-state index contributed by atoms with van der Waals surface area (Å²) in [6.45, 7) is 4.68. The van der Waals surface area contributed by atoms with Gasteiger partial charge < -0.3 is 5.73 Å². The average molecular weight is 286 g/mol. The van der Waals surface area contributed by atoms with Crippen LogP contribution in [0.4, 0.5) is 4.39 Å². The molecule has 1 fully saturated rings. The molecule has 0 heterocycles. The van der Waals surface area contributed by atoms with Gasteiger partial charge in [0.05, 0.1) is 4.47 Å². The average Bonchev–Trinajstić information content (AvgIpc) is 3.02. The summed E-state index contributed by atoms with van der Waals surface area (Å²) in [6.07, 6.45) is 2.25. The lowest BCUT2D eigenvalue weighted by Crippen LogP contribution is -2.20. The maximum atomic E-state index is 13.9. The third kappa shape index (κ3) is 1.91. The Kier molecular flexibility index (Phi) is 3.10. The number of nitrogens with two attached hydrogens (primary N) is 1. The van der Waals surface area contributed by atoms with E-state index in [0.717, 1.165) is 18.4 Å². The number of rotatable bonds is 3. The van der Waals surface area contributed by atoms with Crippen LogP contribution in [0, 0.1) is 5.82 Å². The summed E-state index contributed by atoms with van der Waals surface area (Å²) in [6, 6.07) is 3.88. The Hall–Kier alpha value is -0.410. The molecule has 3 heteroatoms. The Labute approximate surface area is 104 Å². The van der Waals surface area contributed by atoms with Gasteiger partial charge in [-0.05, 0) is 51.9 Å². The zero-order valence-electron chi connectivity index (χ0n) is 9.69. The first-order valence-corrected chi connectivity index (χ1v) is 6.49. The minimum absolute atomic E-state index is 0.125. The van der Waals surface area contributed by atoms with E-state index in [2.05, 4.69) is 15.9 Å². The lowest BCUT2D eigenvalue weighted by atomic mass is 9.91. The van der Waals surface area contributed by atoms with Gasteiger partial charge in [-0.15, -0.1) is 0 Å². The molecule has 0 aromatic heterocycles. The number of benzene rings is 1. The minimum Gasteiger partial charge on any atom is -0.330 e. The first-order valence-electron chi connectivity index (χ1n) is 5.69. The van der Waals surface area contributed by atoms with E-state index >= 15 is 0 Å². The standard InChI is InChI=1S/C13H17BrFN/c1-8(2)10-5-9(6-11(14)12(10)15)13(7-16)3-4-13/h5-6,8H,3-4,7,16H2,1-2H3. The van der Waals surface area contributed by atoms with Crippen molar-refractivity contribution in [2.24, 2.45) is 5.73 Å². The molecule has 0 unspecified atom stereocenters. The Bertz CT molecular complexity index is 411. The Morgan fingerprint density at radius 1 is 1.44 bits per heavy atom. The molecule has 0 atom stereocenters. The van der Waals surface area contributed by atoms with Crippen LogP contribution >= 0.6 is 15.9 Å². The van der Waals surface area contributed by atoms with E-state index in [1.807, 2.05) is 26.0 Å². The van der Waals surface area contributed by atoms with E-state index in [-0.39, 0.29) is 17.2 Å². The van der Waals surface area contributed by atoms with Crippen LogP contribution in [0.5, 0.6) is 0 Å². The summed E-state index contributed by atoms with van der Waals surface area (Å²) in [5.74, 6) is 0.0661. The van der Waals surface area contributed by atoms with Crippen molar-refractivity contribution in [3.63, 3.8) is 0 Å². The van der Waals surface area contributed by atoms with E-state index in [9.17, 15) is 4.39 Å². The monoisotopic (exact) mass is 285 g/mol. The highest BCUT2D eigenvalue weighted by Crippen LogP contribution is 2.48. The second kappa shape index (κ2) is 4.11. The molecule has 1 aliphatic rings. The summed E-state index contributed by atoms with van der Waals surface area (Å²) in [4.78, 5) is 0. The third-order valence-electron chi connectivity index (χ3n) is 3.54. The molecule has 1 nitrogen and oxygen atoms in total. The van der Waals surface area contributed by atoms with Gasteiger partial charge in [-0.3, -0.25) is 0 Å². The maximum Gasteiger partial charge on any atom is 0.140 e. The largest absolute Gasteiger partial charge is 0.330 e. The lowest BCUT2D eigenvalue weighted by Gasteiger charge is -2.17. The first kappa shape index (κ1) is 12.1. The van der Waals surface area contributed by atoms with Crippen LogP contribution in [0.1, 0.15) is 43.7 Å². The van der Waals surface area contributed by atoms with Gasteiger partial charge in [0.25, 0.3) is 0 Å². The predicted molar refractivity (Wildman–Crippen MR) is 68.2 cm³/mol. The Morgan fingerprint density at radius 2 is 2.06 bits per heavy atom. The highest BCUT2D eigenvalue weighted by atomic mass is 79.9. The molecule has 1 aliphatic carbocycles. The Morgan fingerprint density at radius 3 is 2.50 bits per heavy atom. The molecule has 0 bridgehead atoms. The molecule has 1 saturated carbocycles. The predicted octanol–water partition coefficient (Wildman–Crippen LogP) is 3.70. The van der Waals surface area contributed by atoms with Crippen LogP contribution in [0.25, 0.3) is 0 Å². The van der Waals surface area contributed by atoms with Crippen LogP contribution in [-0.4, -0.2) is 6.54 Å². The summed E-state index contributed by atoms with van der Waals surface area (Å²) >= 11 is 3.30. The highest BCUT2D eigenvalue weighted by Gasteiger charge is 2.43. The summed E-state index contributed by atoms with van der Waals surface area (Å²) in [5.41, 5.74) is 7.90. The molecule has 0 radical (unpaired) electrons. The van der Waals surface area contributed by atoms with Crippen molar-refractivity contribution < 1.29 is 4.39 Å². The van der Waals surface area contributed by atoms with E-state index in [1.54, 1.807) is 0 Å². The molecular weight excluding hydrogens is 269 g/mol. The zero-order valence-corrected chi connectivity index (χ0v) is 11.3. The molecule has 1 aromatic rings. The van der Waals surface area contributed by atoms with E-state index in [1.165, 1.54) is 5.56 Å². The summed E-state index contributed by atoms with van der Waals surface area (Å²) in [5, 5.41) is 0. The van der Waals surface area contributed by atoms with Gasteiger partial charge in [-0.25, -0.2) is 4.39 Å². The van der Waals surface area contributed by atoms with Crippen molar-refractivity contribution in [2.75, 3.05) is 6.54 Å². The quantitative estimate of drug-likeness (QED) is 0.900. The molecule has 0 amide bonds. The third-order valence-corrected chi connectivity index (χ3v) is 4.11. The van der Waals surface area contributed by atoms with Crippen molar-refractivity contribution >= 4 is 15.9 Å². The molecule has 0 aliphatic heterocycles. The second-order valence-electron chi connectivity index (χ2n) is 5.00. The van der Waals surface area contributed by atoms with Crippen molar-refractivity contribution in [1.82, 2.24) is 0 Å². The van der Waals surface area contributed by atoms with Gasteiger partial charge in [0.2, 0.25) is 0 Å². The van der Waals surface area contributed by atoms with Crippen LogP contribution in [0.3, 0.4) is 0 Å². The van der Waals surface area contributed by atoms with Crippen LogP contribution in [0.2, 0.25) is 0 Å². The first-order chi connectivity index (χ1) is 7.50. The van der Waals surface area contributed by atoms with Gasteiger partial charge >= 0.3 is 0 Å². The molecule has 0 saturated heterocycles. The summed E-state index contributed by atoms with van der Waals surface area (Å²) < 4.78 is 14.4. The molecule has 1 aromatic carbocycles. The molecule has 16 heavy (non-hydrogen) atoms. The highest BCUT2D eigenvalue weighted by molar-refractivity contribution is 9.10. The van der Waals surface area contributed by atoms with Gasteiger partial charge in [-0.2, -0.15) is 0 Å². The van der Waals surface area contributed by atoms with Crippen molar-refractivity contribution in [2.45, 2.75) is 38.0 Å². The fraction of sp³-hybridized carbons (Fsp3) is 0.538. The minimum atomic E-state index is -0.133. The second-order valence-corrected chi connectivity index (χ2v) is 5.85. The normalized spacial score (nSPS) is 17.9. The van der Waals surface area contributed by atoms with Crippen molar-refractivity contribution in [1.29, 1.82) is 0 Å².